The van der Waals surface area contributed by atoms with Gasteiger partial charge in [0.2, 0.25) is 0 Å². The lowest BCUT2D eigenvalue weighted by Crippen LogP contribution is -2.18. The molecule has 17 heavy (non-hydrogen) atoms. The summed E-state index contributed by atoms with van der Waals surface area (Å²) in [5.41, 5.74) is 0.0344. The van der Waals surface area contributed by atoms with Crippen molar-refractivity contribution in [1.82, 2.24) is 0 Å². The molecule has 0 saturated carbocycles. The van der Waals surface area contributed by atoms with Crippen LogP contribution in [-0.2, 0) is 9.84 Å². The molecule has 0 N–H and O–H groups in total. The molecular formula is C12H12N2O2S. The van der Waals surface area contributed by atoms with Crippen LogP contribution in [0.5, 0.6) is 0 Å². The Kier molecular flexibility index (Phi) is 3.88. The van der Waals surface area contributed by atoms with Crippen LogP contribution in [-0.4, -0.2) is 13.7 Å². The molecule has 0 heterocycles. The van der Waals surface area contributed by atoms with E-state index in [1.54, 1.807) is 19.9 Å². The predicted molar refractivity (Wildman–Crippen MR) is 62.8 cm³/mol. The lowest BCUT2D eigenvalue weighted by atomic mass is 10.1. The minimum Gasteiger partial charge on any atom is -0.223 e. The first-order valence-corrected chi connectivity index (χ1v) is 6.70. The van der Waals surface area contributed by atoms with Crippen molar-refractivity contribution in [3.05, 3.63) is 29.3 Å². The molecule has 5 heteroatoms. The van der Waals surface area contributed by atoms with Crippen molar-refractivity contribution in [2.45, 2.75) is 30.4 Å². The standard InChI is InChI=1S/C12H12N2O2S/c1-3-9(2)17(15,16)12-6-4-5-10(7-13)11(12)8-14/h4-6,9H,3H2,1-2H3. The van der Waals surface area contributed by atoms with Crippen molar-refractivity contribution >= 4 is 9.84 Å². The van der Waals surface area contributed by atoms with E-state index >= 15 is 0 Å². The van der Waals surface area contributed by atoms with Gasteiger partial charge >= 0.3 is 0 Å². The first kappa shape index (κ1) is 13.2. The number of nitriles is 2. The van der Waals surface area contributed by atoms with Gasteiger partial charge in [0.05, 0.1) is 21.3 Å². The van der Waals surface area contributed by atoms with E-state index in [1.807, 2.05) is 6.07 Å². The van der Waals surface area contributed by atoms with Crippen LogP contribution in [0.25, 0.3) is 0 Å². The molecule has 1 rings (SSSR count). The molecule has 1 unspecified atom stereocenters. The van der Waals surface area contributed by atoms with E-state index in [0.29, 0.717) is 6.42 Å². The minimum atomic E-state index is -3.54. The summed E-state index contributed by atoms with van der Waals surface area (Å²) in [5, 5.41) is 17.3. The second kappa shape index (κ2) is 4.99. The summed E-state index contributed by atoms with van der Waals surface area (Å²) in [6, 6.07) is 7.92. The van der Waals surface area contributed by atoms with Gasteiger partial charge in [0.1, 0.15) is 12.1 Å². The van der Waals surface area contributed by atoms with E-state index < -0.39 is 15.1 Å². The van der Waals surface area contributed by atoms with E-state index in [0.717, 1.165) is 0 Å². The Bertz CT molecular complexity index is 606. The summed E-state index contributed by atoms with van der Waals surface area (Å²) >= 11 is 0. The normalized spacial score (nSPS) is 12.5. The van der Waals surface area contributed by atoms with Gasteiger partial charge in [-0.05, 0) is 25.5 Å². The van der Waals surface area contributed by atoms with Crippen molar-refractivity contribution in [3.63, 3.8) is 0 Å². The lowest BCUT2D eigenvalue weighted by molar-refractivity contribution is 0.580. The van der Waals surface area contributed by atoms with Gasteiger partial charge in [-0.25, -0.2) is 8.42 Å². The highest BCUT2D eigenvalue weighted by Gasteiger charge is 2.25. The van der Waals surface area contributed by atoms with Crippen LogP contribution in [0.15, 0.2) is 23.1 Å². The van der Waals surface area contributed by atoms with Gasteiger partial charge in [0.15, 0.2) is 9.84 Å². The molecule has 0 aliphatic rings. The van der Waals surface area contributed by atoms with Crippen LogP contribution in [0.4, 0.5) is 0 Å². The topological polar surface area (TPSA) is 81.7 Å². The molecule has 0 aromatic heterocycles. The van der Waals surface area contributed by atoms with Gasteiger partial charge in [0.25, 0.3) is 0 Å². The molecule has 1 aromatic rings. The minimum absolute atomic E-state index is 0.0478. The van der Waals surface area contributed by atoms with Gasteiger partial charge in [-0.2, -0.15) is 10.5 Å². The molecule has 0 fully saturated rings. The second-order valence-electron chi connectivity index (χ2n) is 3.67. The summed E-state index contributed by atoms with van der Waals surface area (Å²) in [5.74, 6) is 0. The average Bonchev–Trinajstić information content (AvgIpc) is 2.36. The van der Waals surface area contributed by atoms with Crippen LogP contribution < -0.4 is 0 Å². The third-order valence-corrected chi connectivity index (χ3v) is 5.02. The number of benzene rings is 1. The monoisotopic (exact) mass is 248 g/mol. The average molecular weight is 248 g/mol. The molecular weight excluding hydrogens is 236 g/mol. The van der Waals surface area contributed by atoms with Gasteiger partial charge < -0.3 is 0 Å². The van der Waals surface area contributed by atoms with Crippen LogP contribution in [0.2, 0.25) is 0 Å². The second-order valence-corrected chi connectivity index (χ2v) is 6.00. The van der Waals surface area contributed by atoms with Crippen molar-refractivity contribution in [2.24, 2.45) is 0 Å². The number of hydrogen-bond acceptors (Lipinski definition) is 4. The molecule has 1 aromatic carbocycles. The molecule has 0 saturated heterocycles. The molecule has 4 nitrogen and oxygen atoms in total. The zero-order chi connectivity index (χ0) is 13.1. The number of rotatable bonds is 3. The fourth-order valence-corrected chi connectivity index (χ4v) is 2.99. The fourth-order valence-electron chi connectivity index (χ4n) is 1.41. The van der Waals surface area contributed by atoms with Gasteiger partial charge in [-0.15, -0.1) is 0 Å². The first-order valence-electron chi connectivity index (χ1n) is 5.16. The zero-order valence-electron chi connectivity index (χ0n) is 9.64. The van der Waals surface area contributed by atoms with E-state index in [4.69, 9.17) is 10.5 Å². The summed E-state index contributed by atoms with van der Waals surface area (Å²) in [6.07, 6.45) is 0.462. The summed E-state index contributed by atoms with van der Waals surface area (Å²) in [7, 11) is -3.54. The van der Waals surface area contributed by atoms with E-state index in [2.05, 4.69) is 0 Å². The molecule has 0 amide bonds. The van der Waals surface area contributed by atoms with Crippen molar-refractivity contribution < 1.29 is 8.42 Å². The van der Waals surface area contributed by atoms with E-state index in [1.165, 1.54) is 18.2 Å². The lowest BCUT2D eigenvalue weighted by Gasteiger charge is -2.12. The molecule has 0 aliphatic heterocycles. The fraction of sp³-hybridized carbons (Fsp3) is 0.333. The Morgan fingerprint density at radius 2 is 1.94 bits per heavy atom. The Hall–Kier alpha value is -1.85. The third kappa shape index (κ3) is 2.30. The Morgan fingerprint density at radius 3 is 2.41 bits per heavy atom. The van der Waals surface area contributed by atoms with Crippen LogP contribution in [0, 0.1) is 22.7 Å². The summed E-state index contributed by atoms with van der Waals surface area (Å²) in [4.78, 5) is -0.0478. The van der Waals surface area contributed by atoms with Crippen LogP contribution in [0.1, 0.15) is 31.4 Å². The molecule has 0 aliphatic carbocycles. The van der Waals surface area contributed by atoms with Crippen LogP contribution >= 0.6 is 0 Å². The van der Waals surface area contributed by atoms with Crippen LogP contribution in [0.3, 0.4) is 0 Å². The third-order valence-electron chi connectivity index (χ3n) is 2.67. The van der Waals surface area contributed by atoms with Gasteiger partial charge in [0, 0.05) is 0 Å². The molecule has 0 radical (unpaired) electrons. The largest absolute Gasteiger partial charge is 0.223 e. The van der Waals surface area contributed by atoms with Crippen molar-refractivity contribution in [3.8, 4) is 12.1 Å². The summed E-state index contributed by atoms with van der Waals surface area (Å²) in [6.45, 7) is 3.36. The Balaban J connectivity index is 3.56. The maximum absolute atomic E-state index is 12.2. The molecule has 0 bridgehead atoms. The van der Waals surface area contributed by atoms with E-state index in [9.17, 15) is 8.42 Å². The highest BCUT2D eigenvalue weighted by molar-refractivity contribution is 7.92. The Labute approximate surface area is 101 Å². The zero-order valence-corrected chi connectivity index (χ0v) is 10.5. The van der Waals surface area contributed by atoms with Gasteiger partial charge in [-0.3, -0.25) is 0 Å². The maximum atomic E-state index is 12.2. The van der Waals surface area contributed by atoms with Gasteiger partial charge in [-0.1, -0.05) is 13.0 Å². The molecule has 1 atom stereocenters. The van der Waals surface area contributed by atoms with E-state index in [-0.39, 0.29) is 16.0 Å². The summed E-state index contributed by atoms with van der Waals surface area (Å²) < 4.78 is 24.3. The SMILES string of the molecule is CCC(C)S(=O)(=O)c1cccc(C#N)c1C#N. The number of sulfone groups is 1. The number of nitrogens with zero attached hydrogens (tertiary/aromatic N) is 2. The quantitative estimate of drug-likeness (QED) is 0.819. The predicted octanol–water partition coefficient (Wildman–Crippen LogP) is 2.00. The van der Waals surface area contributed by atoms with Crippen molar-refractivity contribution in [2.75, 3.05) is 0 Å². The molecule has 88 valence electrons. The highest BCUT2D eigenvalue weighted by atomic mass is 32.2. The Morgan fingerprint density at radius 1 is 1.29 bits per heavy atom. The molecule has 0 spiro atoms. The first-order chi connectivity index (χ1) is 7.98. The number of hydrogen-bond donors (Lipinski definition) is 0. The smallest absolute Gasteiger partial charge is 0.182 e. The highest BCUT2D eigenvalue weighted by Crippen LogP contribution is 2.23. The maximum Gasteiger partial charge on any atom is 0.182 e. The van der Waals surface area contributed by atoms with Crippen molar-refractivity contribution in [1.29, 1.82) is 10.5 Å².